The van der Waals surface area contributed by atoms with Crippen LogP contribution in [-0.2, 0) is 0 Å². The molecular weight excluding hydrogens is 301 g/mol. The van der Waals surface area contributed by atoms with Crippen LogP contribution in [0.4, 0.5) is 15.9 Å². The van der Waals surface area contributed by atoms with Gasteiger partial charge in [-0.25, -0.2) is 9.37 Å². The minimum absolute atomic E-state index is 0.137. The average Bonchev–Trinajstić information content (AvgIpc) is 2.32. The van der Waals surface area contributed by atoms with Gasteiger partial charge in [0.2, 0.25) is 0 Å². The van der Waals surface area contributed by atoms with Crippen LogP contribution in [0.25, 0.3) is 0 Å². The summed E-state index contributed by atoms with van der Waals surface area (Å²) in [4.78, 5) is 15.4. The van der Waals surface area contributed by atoms with Crippen molar-refractivity contribution < 1.29 is 9.18 Å². The maximum Gasteiger partial charge on any atom is 0.258 e. The second kappa shape index (κ2) is 5.14. The molecule has 3 N–H and O–H groups in total. The highest BCUT2D eigenvalue weighted by Crippen LogP contribution is 2.18. The van der Waals surface area contributed by atoms with E-state index >= 15 is 0 Å². The molecule has 6 heteroatoms. The lowest BCUT2D eigenvalue weighted by Crippen LogP contribution is -2.15. The minimum Gasteiger partial charge on any atom is -0.381 e. The first-order chi connectivity index (χ1) is 8.58. The summed E-state index contributed by atoms with van der Waals surface area (Å²) >= 11 is 3.28. The molecule has 0 aliphatic carbocycles. The summed E-state index contributed by atoms with van der Waals surface area (Å²) in [5.74, 6) is -1.68. The molecule has 0 aliphatic rings. The van der Waals surface area contributed by atoms with Gasteiger partial charge in [-0.2, -0.15) is 0 Å². The molecule has 0 atom stereocenters. The number of nitrogens with zero attached hydrogens (tertiary/aromatic N) is 1. The van der Waals surface area contributed by atoms with Gasteiger partial charge in [0.1, 0.15) is 0 Å². The van der Waals surface area contributed by atoms with Crippen LogP contribution in [-0.4, -0.2) is 10.9 Å². The van der Waals surface area contributed by atoms with Crippen molar-refractivity contribution in [2.24, 2.45) is 0 Å². The van der Waals surface area contributed by atoms with Crippen molar-refractivity contribution in [2.45, 2.75) is 0 Å². The molecule has 0 bridgehead atoms. The monoisotopic (exact) mass is 309 g/mol. The lowest BCUT2D eigenvalue weighted by atomic mass is 10.2. The van der Waals surface area contributed by atoms with Gasteiger partial charge in [-0.15, -0.1) is 0 Å². The van der Waals surface area contributed by atoms with Crippen LogP contribution < -0.4 is 11.1 Å². The summed E-state index contributed by atoms with van der Waals surface area (Å²) < 4.78 is 14.4. The van der Waals surface area contributed by atoms with Gasteiger partial charge in [-0.3, -0.25) is 4.79 Å². The lowest BCUT2D eigenvalue weighted by Gasteiger charge is -2.07. The number of rotatable bonds is 2. The second-order valence-electron chi connectivity index (χ2n) is 3.52. The van der Waals surface area contributed by atoms with Gasteiger partial charge >= 0.3 is 0 Å². The lowest BCUT2D eigenvalue weighted by molar-refractivity contribution is 0.102. The van der Waals surface area contributed by atoms with E-state index in [4.69, 9.17) is 5.73 Å². The molecule has 2 aromatic rings. The first kappa shape index (κ1) is 12.5. The van der Waals surface area contributed by atoms with Crippen LogP contribution in [0, 0.1) is 5.82 Å². The fraction of sp³-hybridized carbons (Fsp3) is 0. The van der Waals surface area contributed by atoms with E-state index in [9.17, 15) is 9.18 Å². The van der Waals surface area contributed by atoms with Gasteiger partial charge < -0.3 is 11.1 Å². The normalized spacial score (nSPS) is 10.1. The van der Waals surface area contributed by atoms with Crippen molar-refractivity contribution in [3.63, 3.8) is 0 Å². The van der Waals surface area contributed by atoms with E-state index in [0.29, 0.717) is 5.69 Å². The van der Waals surface area contributed by atoms with Crippen molar-refractivity contribution in [1.82, 2.24) is 4.98 Å². The number of carbonyl (C=O) groups is 1. The summed E-state index contributed by atoms with van der Waals surface area (Å²) in [6.07, 6.45) is 1.29. The summed E-state index contributed by atoms with van der Waals surface area (Å²) in [5.41, 5.74) is 5.73. The number of carbonyl (C=O) groups excluding carboxylic acids is 1. The van der Waals surface area contributed by atoms with Gasteiger partial charge in [-0.05, 0) is 24.3 Å². The molecule has 0 saturated carbocycles. The molecule has 0 unspecified atom stereocenters. The zero-order valence-corrected chi connectivity index (χ0v) is 10.7. The van der Waals surface area contributed by atoms with Crippen molar-refractivity contribution >= 4 is 33.3 Å². The first-order valence-corrected chi connectivity index (χ1v) is 5.84. The molecule has 4 nitrogen and oxygen atoms in total. The highest BCUT2D eigenvalue weighted by molar-refractivity contribution is 9.10. The maximum absolute atomic E-state index is 13.6. The molecule has 0 radical (unpaired) electrons. The minimum atomic E-state index is -0.815. The first-order valence-electron chi connectivity index (χ1n) is 5.05. The van der Waals surface area contributed by atoms with Gasteiger partial charge in [0.05, 0.1) is 5.56 Å². The Hall–Kier alpha value is -1.95. The summed E-state index contributed by atoms with van der Waals surface area (Å²) in [6, 6.07) is 8.27. The third kappa shape index (κ3) is 2.65. The fourth-order valence-electron chi connectivity index (χ4n) is 1.40. The Morgan fingerprint density at radius 3 is 2.89 bits per heavy atom. The Morgan fingerprint density at radius 2 is 2.17 bits per heavy atom. The van der Waals surface area contributed by atoms with Crippen LogP contribution >= 0.6 is 15.9 Å². The summed E-state index contributed by atoms with van der Waals surface area (Å²) in [6.45, 7) is 0. The number of nitrogen functional groups attached to an aromatic ring is 1. The molecule has 0 spiro atoms. The zero-order valence-electron chi connectivity index (χ0n) is 9.15. The van der Waals surface area contributed by atoms with E-state index in [1.807, 2.05) is 6.07 Å². The molecule has 0 aliphatic heterocycles. The van der Waals surface area contributed by atoms with E-state index in [2.05, 4.69) is 26.2 Å². The number of hydrogen-bond acceptors (Lipinski definition) is 3. The fourth-order valence-corrected chi connectivity index (χ4v) is 1.80. The van der Waals surface area contributed by atoms with Gasteiger partial charge in [0.25, 0.3) is 5.91 Å². The van der Waals surface area contributed by atoms with E-state index in [0.717, 1.165) is 4.47 Å². The number of nitrogens with two attached hydrogens (primary N) is 1. The number of nitrogens with one attached hydrogen (secondary N) is 1. The Kier molecular flexibility index (Phi) is 3.57. The topological polar surface area (TPSA) is 68.0 Å². The van der Waals surface area contributed by atoms with Crippen molar-refractivity contribution in [2.75, 3.05) is 11.1 Å². The van der Waals surface area contributed by atoms with Gasteiger partial charge in [0.15, 0.2) is 11.6 Å². The van der Waals surface area contributed by atoms with Crippen molar-refractivity contribution in [3.8, 4) is 0 Å². The summed E-state index contributed by atoms with van der Waals surface area (Å²) in [7, 11) is 0. The van der Waals surface area contributed by atoms with E-state index in [-0.39, 0.29) is 11.4 Å². The third-order valence-corrected chi connectivity index (χ3v) is 2.74. The van der Waals surface area contributed by atoms with Gasteiger partial charge in [-0.1, -0.05) is 22.0 Å². The van der Waals surface area contributed by atoms with Gasteiger partial charge in [0, 0.05) is 16.4 Å². The Bertz CT molecular complexity index is 604. The number of amides is 1. The van der Waals surface area contributed by atoms with Crippen LogP contribution in [0.1, 0.15) is 10.4 Å². The molecule has 1 aromatic carbocycles. The third-order valence-electron chi connectivity index (χ3n) is 2.24. The number of pyridine rings is 1. The Balaban J connectivity index is 2.25. The number of benzene rings is 1. The molecule has 0 fully saturated rings. The molecule has 1 aromatic heterocycles. The average molecular weight is 310 g/mol. The molecule has 1 amide bonds. The van der Waals surface area contributed by atoms with E-state index in [1.165, 1.54) is 12.3 Å². The van der Waals surface area contributed by atoms with Crippen LogP contribution in [0.3, 0.4) is 0 Å². The van der Waals surface area contributed by atoms with Crippen LogP contribution in [0.15, 0.2) is 41.0 Å². The maximum atomic E-state index is 13.6. The quantitative estimate of drug-likeness (QED) is 0.896. The SMILES string of the molecule is Nc1nccc(C(=O)Nc2cccc(Br)c2)c1F. The molecule has 0 saturated heterocycles. The Morgan fingerprint density at radius 1 is 1.39 bits per heavy atom. The predicted octanol–water partition coefficient (Wildman–Crippen LogP) is 2.82. The van der Waals surface area contributed by atoms with E-state index < -0.39 is 11.7 Å². The zero-order chi connectivity index (χ0) is 13.1. The second-order valence-corrected chi connectivity index (χ2v) is 4.44. The van der Waals surface area contributed by atoms with Crippen LogP contribution in [0.5, 0.6) is 0 Å². The van der Waals surface area contributed by atoms with Crippen molar-refractivity contribution in [3.05, 3.63) is 52.4 Å². The van der Waals surface area contributed by atoms with E-state index in [1.54, 1.807) is 18.2 Å². The molecule has 1 heterocycles. The highest BCUT2D eigenvalue weighted by atomic mass is 79.9. The number of hydrogen-bond donors (Lipinski definition) is 2. The highest BCUT2D eigenvalue weighted by Gasteiger charge is 2.14. The molecule has 2 rings (SSSR count). The van der Waals surface area contributed by atoms with Crippen molar-refractivity contribution in [1.29, 1.82) is 0 Å². The molecule has 18 heavy (non-hydrogen) atoms. The Labute approximate surface area is 111 Å². The van der Waals surface area contributed by atoms with Crippen LogP contribution in [0.2, 0.25) is 0 Å². The largest absolute Gasteiger partial charge is 0.381 e. The number of anilines is 2. The molecule has 92 valence electrons. The smallest absolute Gasteiger partial charge is 0.258 e. The number of aromatic nitrogens is 1. The number of halogens is 2. The predicted molar refractivity (Wildman–Crippen MR) is 70.7 cm³/mol. The standard InChI is InChI=1S/C12H9BrFN3O/c13-7-2-1-3-8(6-7)17-12(18)9-4-5-16-11(15)10(9)14/h1-6H,(H2,15,16)(H,17,18). The summed E-state index contributed by atoms with van der Waals surface area (Å²) in [5, 5.41) is 2.57. The molecular formula is C12H9BrFN3O.